The van der Waals surface area contributed by atoms with Crippen molar-refractivity contribution >= 4 is 0 Å². The van der Waals surface area contributed by atoms with E-state index in [1.165, 1.54) is 0 Å². The maximum atomic E-state index is 12.4. The smallest absolute Gasteiger partial charge is 0.227 e. The summed E-state index contributed by atoms with van der Waals surface area (Å²) >= 11 is 0. The second-order valence-corrected chi connectivity index (χ2v) is 3.59. The molecule has 0 aromatic rings. The highest BCUT2D eigenvalue weighted by atomic mass is 19.4. The van der Waals surface area contributed by atoms with Crippen molar-refractivity contribution in [2.24, 2.45) is 11.8 Å². The van der Waals surface area contributed by atoms with Crippen molar-refractivity contribution in [3.8, 4) is 0 Å². The Hall–Kier alpha value is -0.290. The largest absolute Gasteiger partial charge is 0.422 e. The van der Waals surface area contributed by atoms with Gasteiger partial charge in [-0.2, -0.15) is 13.2 Å². The molecule has 0 aromatic carbocycles. The van der Waals surface area contributed by atoms with E-state index in [-0.39, 0.29) is 5.92 Å². The average Bonchev–Trinajstić information content (AvgIpc) is 2.62. The van der Waals surface area contributed by atoms with Gasteiger partial charge in [-0.05, 0) is 5.92 Å². The van der Waals surface area contributed by atoms with Crippen LogP contribution in [0.25, 0.3) is 0 Å². The molecular formula is C7H13F3N2. The van der Waals surface area contributed by atoms with Gasteiger partial charge >= 0.3 is 6.18 Å². The molecule has 72 valence electrons. The minimum Gasteiger partial charge on any atom is -0.227 e. The van der Waals surface area contributed by atoms with Crippen LogP contribution in [0.1, 0.15) is 20.8 Å². The Morgan fingerprint density at radius 3 is 1.58 bits per heavy atom. The first-order valence-corrected chi connectivity index (χ1v) is 3.92. The zero-order valence-electron chi connectivity index (χ0n) is 7.29. The van der Waals surface area contributed by atoms with Crippen LogP contribution in [-0.4, -0.2) is 11.8 Å². The summed E-state index contributed by atoms with van der Waals surface area (Å²) < 4.78 is 37.1. The molecular weight excluding hydrogens is 169 g/mol. The molecule has 0 amide bonds. The number of alkyl halides is 3. The number of hydrazine groups is 1. The zero-order chi connectivity index (χ0) is 9.57. The zero-order valence-corrected chi connectivity index (χ0v) is 7.29. The molecule has 2 N–H and O–H groups in total. The first-order chi connectivity index (χ1) is 5.31. The van der Waals surface area contributed by atoms with Crippen LogP contribution in [0.3, 0.4) is 0 Å². The summed E-state index contributed by atoms with van der Waals surface area (Å²) in [5.41, 5.74) is 2.56. The van der Waals surface area contributed by atoms with Crippen LogP contribution >= 0.6 is 0 Å². The van der Waals surface area contributed by atoms with Gasteiger partial charge in [0.05, 0.1) is 0 Å². The summed E-state index contributed by atoms with van der Waals surface area (Å²) in [4.78, 5) is 0. The lowest BCUT2D eigenvalue weighted by molar-refractivity contribution is -0.177. The third-order valence-electron chi connectivity index (χ3n) is 2.52. The molecule has 0 bridgehead atoms. The van der Waals surface area contributed by atoms with Gasteiger partial charge in [-0.25, -0.2) is 10.9 Å². The predicted molar refractivity (Wildman–Crippen MR) is 39.1 cm³/mol. The number of halogens is 3. The van der Waals surface area contributed by atoms with E-state index in [1.54, 1.807) is 20.8 Å². The first-order valence-electron chi connectivity index (χ1n) is 3.92. The molecule has 1 atom stereocenters. The lowest BCUT2D eigenvalue weighted by atomic mass is 9.87. The lowest BCUT2D eigenvalue weighted by Crippen LogP contribution is -2.45. The quantitative estimate of drug-likeness (QED) is 0.637. The molecule has 0 aromatic heterocycles. The fourth-order valence-corrected chi connectivity index (χ4v) is 1.19. The van der Waals surface area contributed by atoms with Crippen molar-refractivity contribution in [2.45, 2.75) is 32.6 Å². The Kier molecular flexibility index (Phi) is 2.12. The predicted octanol–water partition coefficient (Wildman–Crippen LogP) is 1.64. The summed E-state index contributed by atoms with van der Waals surface area (Å²) in [6.07, 6.45) is -4.21. The van der Waals surface area contributed by atoms with E-state index < -0.39 is 17.8 Å². The Balaban J connectivity index is 2.73. The first kappa shape index (κ1) is 9.80. The lowest BCUT2D eigenvalue weighted by Gasteiger charge is -2.25. The van der Waals surface area contributed by atoms with Crippen molar-refractivity contribution in [2.75, 3.05) is 0 Å². The van der Waals surface area contributed by atoms with E-state index in [0.29, 0.717) is 0 Å². The van der Waals surface area contributed by atoms with E-state index in [1.807, 2.05) is 0 Å². The molecule has 2 nitrogen and oxygen atoms in total. The summed E-state index contributed by atoms with van der Waals surface area (Å²) in [6, 6.07) is 0. The number of rotatable bonds is 2. The van der Waals surface area contributed by atoms with E-state index in [9.17, 15) is 13.2 Å². The third kappa shape index (κ3) is 1.31. The minimum absolute atomic E-state index is 0.00544. The second-order valence-electron chi connectivity index (χ2n) is 3.59. The summed E-state index contributed by atoms with van der Waals surface area (Å²) in [7, 11) is 0. The fraction of sp³-hybridized carbons (Fsp3) is 1.00. The number of hydrogen-bond acceptors (Lipinski definition) is 2. The van der Waals surface area contributed by atoms with E-state index >= 15 is 0 Å². The number of nitrogens with one attached hydrogen (secondary N) is 2. The van der Waals surface area contributed by atoms with E-state index in [4.69, 9.17) is 0 Å². The van der Waals surface area contributed by atoms with E-state index in [2.05, 4.69) is 10.9 Å². The Bertz CT molecular complexity index is 172. The van der Waals surface area contributed by atoms with Crippen LogP contribution in [0.5, 0.6) is 0 Å². The van der Waals surface area contributed by atoms with Crippen LogP contribution in [0.15, 0.2) is 0 Å². The molecule has 1 unspecified atom stereocenters. The van der Waals surface area contributed by atoms with E-state index in [0.717, 1.165) is 0 Å². The maximum absolute atomic E-state index is 12.4. The Morgan fingerprint density at radius 2 is 1.50 bits per heavy atom. The SMILES string of the molecule is CC(C)C(C)C1(C(F)(F)F)NN1. The van der Waals surface area contributed by atoms with Gasteiger partial charge in [0.1, 0.15) is 0 Å². The molecule has 0 aliphatic carbocycles. The highest BCUT2D eigenvalue weighted by molar-refractivity contribution is 5.05. The number of hydrogen-bond donors (Lipinski definition) is 2. The van der Waals surface area contributed by atoms with Crippen LogP contribution in [0.2, 0.25) is 0 Å². The molecule has 0 saturated carbocycles. The molecule has 0 radical (unpaired) electrons. The van der Waals surface area contributed by atoms with Crippen LogP contribution in [0, 0.1) is 11.8 Å². The van der Waals surface area contributed by atoms with Crippen molar-refractivity contribution in [1.82, 2.24) is 10.9 Å². The molecule has 1 aliphatic rings. The van der Waals surface area contributed by atoms with Gasteiger partial charge in [0.25, 0.3) is 0 Å². The normalized spacial score (nSPS) is 24.2. The Labute approximate surface area is 69.5 Å². The fourth-order valence-electron chi connectivity index (χ4n) is 1.19. The molecule has 1 fully saturated rings. The molecule has 1 saturated heterocycles. The summed E-state index contributed by atoms with van der Waals surface area (Å²) in [6.45, 7) is 5.14. The van der Waals surface area contributed by atoms with Gasteiger partial charge in [-0.1, -0.05) is 20.8 Å². The maximum Gasteiger partial charge on any atom is 0.422 e. The molecule has 1 rings (SSSR count). The third-order valence-corrected chi connectivity index (χ3v) is 2.52. The second kappa shape index (κ2) is 2.60. The molecule has 0 spiro atoms. The molecule has 1 heterocycles. The summed E-state index contributed by atoms with van der Waals surface area (Å²) in [5.74, 6) is -0.466. The van der Waals surface area contributed by atoms with Crippen molar-refractivity contribution in [1.29, 1.82) is 0 Å². The molecule has 5 heteroatoms. The molecule has 12 heavy (non-hydrogen) atoms. The van der Waals surface area contributed by atoms with Gasteiger partial charge in [0, 0.05) is 5.92 Å². The van der Waals surface area contributed by atoms with Crippen LogP contribution in [0.4, 0.5) is 13.2 Å². The monoisotopic (exact) mass is 182 g/mol. The summed E-state index contributed by atoms with van der Waals surface area (Å²) in [5, 5.41) is 0. The highest BCUT2D eigenvalue weighted by Crippen LogP contribution is 2.41. The van der Waals surface area contributed by atoms with Crippen molar-refractivity contribution in [3.63, 3.8) is 0 Å². The van der Waals surface area contributed by atoms with Crippen molar-refractivity contribution in [3.05, 3.63) is 0 Å². The Morgan fingerprint density at radius 1 is 1.08 bits per heavy atom. The van der Waals surface area contributed by atoms with Gasteiger partial charge in [-0.15, -0.1) is 0 Å². The van der Waals surface area contributed by atoms with Crippen molar-refractivity contribution < 1.29 is 13.2 Å². The van der Waals surface area contributed by atoms with Gasteiger partial charge in [0.15, 0.2) is 5.66 Å². The van der Waals surface area contributed by atoms with Gasteiger partial charge in [-0.3, -0.25) is 0 Å². The van der Waals surface area contributed by atoms with Gasteiger partial charge < -0.3 is 0 Å². The molecule has 1 aliphatic heterocycles. The highest BCUT2D eigenvalue weighted by Gasteiger charge is 2.67. The van der Waals surface area contributed by atoms with Crippen LogP contribution < -0.4 is 10.9 Å². The minimum atomic E-state index is -4.21. The van der Waals surface area contributed by atoms with Gasteiger partial charge in [0.2, 0.25) is 0 Å². The van der Waals surface area contributed by atoms with Crippen LogP contribution in [-0.2, 0) is 0 Å². The average molecular weight is 182 g/mol. The topological polar surface area (TPSA) is 43.9 Å². The standard InChI is InChI=1S/C7H13F3N2/c1-4(2)5(3)6(11-12-6)7(8,9)10/h4-5,11-12H,1-3H3.